The molecule has 0 bridgehead atoms. The Morgan fingerprint density at radius 3 is 2.65 bits per heavy atom. The number of carbonyl (C=O) groups excluding carboxylic acids is 1. The maximum atomic E-state index is 13.3. The lowest BCUT2D eigenvalue weighted by Gasteiger charge is -2.53. The number of hydrogen-bond donors (Lipinski definition) is 2. The zero-order valence-electron chi connectivity index (χ0n) is 21.1. The lowest BCUT2D eigenvalue weighted by molar-refractivity contribution is -0.140. The van der Waals surface area contributed by atoms with Crippen molar-refractivity contribution < 1.29 is 24.5 Å². The molecule has 34 heavy (non-hydrogen) atoms. The smallest absolute Gasteiger partial charge is 0.164 e. The van der Waals surface area contributed by atoms with Gasteiger partial charge in [0.25, 0.3) is 0 Å². The van der Waals surface area contributed by atoms with Gasteiger partial charge in [-0.2, -0.15) is 0 Å². The summed E-state index contributed by atoms with van der Waals surface area (Å²) in [5.74, 6) is 1.30. The fourth-order valence-electron chi connectivity index (χ4n) is 8.73. The molecular formula is C29H38O5. The molecule has 2 heterocycles. The number of ketones is 1. The maximum Gasteiger partial charge on any atom is 0.164 e. The van der Waals surface area contributed by atoms with Crippen LogP contribution in [0.1, 0.15) is 66.7 Å². The SMILES string of the molecule is C=C1O[C@@H]([C@@H](C)[C@@]2(C)C3=C(C[C@H]2O)[C@@H]2C[C@H]4O[C@]45[C@@H](O)C=CC(=O)[C@]5(C)[C@H]2CC3)CC(C)=C1C. The van der Waals surface area contributed by atoms with E-state index in [0.717, 1.165) is 37.0 Å². The van der Waals surface area contributed by atoms with E-state index in [1.807, 2.05) is 6.92 Å². The van der Waals surface area contributed by atoms with Gasteiger partial charge in [0.15, 0.2) is 5.78 Å². The number of aliphatic hydroxyl groups excluding tert-OH is 2. The second-order valence-corrected chi connectivity index (χ2v) is 12.2. The van der Waals surface area contributed by atoms with Crippen LogP contribution in [0.3, 0.4) is 0 Å². The zero-order chi connectivity index (χ0) is 24.4. The molecule has 10 atom stereocenters. The first-order chi connectivity index (χ1) is 16.0. The molecule has 1 saturated carbocycles. The predicted molar refractivity (Wildman–Crippen MR) is 129 cm³/mol. The van der Waals surface area contributed by atoms with Gasteiger partial charge in [-0.3, -0.25) is 4.79 Å². The molecule has 5 nitrogen and oxygen atoms in total. The van der Waals surface area contributed by atoms with E-state index < -0.39 is 23.2 Å². The van der Waals surface area contributed by atoms with Crippen molar-refractivity contribution >= 4 is 5.78 Å². The molecule has 0 amide bonds. The zero-order valence-corrected chi connectivity index (χ0v) is 21.1. The summed E-state index contributed by atoms with van der Waals surface area (Å²) in [6.45, 7) is 14.8. The van der Waals surface area contributed by atoms with E-state index >= 15 is 0 Å². The lowest BCUT2D eigenvalue weighted by Crippen LogP contribution is -2.61. The minimum Gasteiger partial charge on any atom is -0.490 e. The van der Waals surface area contributed by atoms with Crippen LogP contribution in [-0.2, 0) is 14.3 Å². The van der Waals surface area contributed by atoms with Gasteiger partial charge in [0.05, 0.1) is 17.6 Å². The predicted octanol–water partition coefficient (Wildman–Crippen LogP) is 4.40. The highest BCUT2D eigenvalue weighted by Crippen LogP contribution is 2.70. The first-order valence-electron chi connectivity index (χ1n) is 13.0. The standard InChI is InChI=1S/C29H38O5/c1-14-11-22(33-17(4)15(14)2)16(3)27(5)20-7-8-21-19(18(20)12-25(27)32)13-26-29(34-26)24(31)10-9-23(30)28(21,29)6/h9-10,16,19,21-22,24-26,31-32H,4,7-8,11-13H2,1-3,5-6H3/t16-,19+,21+,22-,24+,25-,26-,27+,28+,29-/m1/s1. The minimum absolute atomic E-state index is 0.0103. The van der Waals surface area contributed by atoms with E-state index in [1.165, 1.54) is 16.7 Å². The van der Waals surface area contributed by atoms with Gasteiger partial charge in [0.1, 0.15) is 23.6 Å². The first kappa shape index (κ1) is 22.8. The van der Waals surface area contributed by atoms with Crippen molar-refractivity contribution in [1.29, 1.82) is 0 Å². The summed E-state index contributed by atoms with van der Waals surface area (Å²) >= 11 is 0. The summed E-state index contributed by atoms with van der Waals surface area (Å²) < 4.78 is 12.5. The van der Waals surface area contributed by atoms with Crippen LogP contribution >= 0.6 is 0 Å². The molecule has 1 spiro atoms. The van der Waals surface area contributed by atoms with E-state index in [1.54, 1.807) is 12.2 Å². The highest BCUT2D eigenvalue weighted by atomic mass is 16.6. The van der Waals surface area contributed by atoms with Crippen molar-refractivity contribution in [2.24, 2.45) is 28.6 Å². The molecular weight excluding hydrogens is 428 g/mol. The Kier molecular flexibility index (Phi) is 4.65. The summed E-state index contributed by atoms with van der Waals surface area (Å²) in [4.78, 5) is 13.3. The van der Waals surface area contributed by atoms with Gasteiger partial charge in [-0.1, -0.05) is 37.1 Å². The van der Waals surface area contributed by atoms with Crippen molar-refractivity contribution in [3.63, 3.8) is 0 Å². The fraction of sp³-hybridized carbons (Fsp3) is 0.690. The van der Waals surface area contributed by atoms with E-state index in [4.69, 9.17) is 9.47 Å². The van der Waals surface area contributed by atoms with E-state index in [0.29, 0.717) is 6.42 Å². The second-order valence-electron chi connectivity index (χ2n) is 12.2. The molecule has 4 aliphatic carbocycles. The average molecular weight is 467 g/mol. The summed E-state index contributed by atoms with van der Waals surface area (Å²) in [5.41, 5.74) is 3.33. The monoisotopic (exact) mass is 466 g/mol. The highest BCUT2D eigenvalue weighted by Gasteiger charge is 2.79. The Morgan fingerprint density at radius 1 is 1.21 bits per heavy atom. The number of aliphatic hydroxyl groups is 2. The van der Waals surface area contributed by atoms with Crippen molar-refractivity contribution in [3.05, 3.63) is 46.8 Å². The normalized spacial score (nSPS) is 50.3. The van der Waals surface area contributed by atoms with Gasteiger partial charge in [-0.25, -0.2) is 0 Å². The molecule has 6 aliphatic rings. The lowest BCUT2D eigenvalue weighted by atomic mass is 9.48. The number of allylic oxidation sites excluding steroid dienone is 2. The molecule has 184 valence electrons. The number of rotatable bonds is 2. The van der Waals surface area contributed by atoms with Gasteiger partial charge >= 0.3 is 0 Å². The van der Waals surface area contributed by atoms with Crippen LogP contribution in [0.5, 0.6) is 0 Å². The van der Waals surface area contributed by atoms with Gasteiger partial charge < -0.3 is 19.7 Å². The minimum atomic E-state index is -0.760. The number of epoxide rings is 1. The molecule has 0 radical (unpaired) electrons. The fourth-order valence-corrected chi connectivity index (χ4v) is 8.73. The topological polar surface area (TPSA) is 79.3 Å². The molecule has 0 aromatic rings. The summed E-state index contributed by atoms with van der Waals surface area (Å²) in [5, 5.41) is 22.4. The average Bonchev–Trinajstić information content (AvgIpc) is 3.48. The van der Waals surface area contributed by atoms with Crippen LogP contribution in [0.4, 0.5) is 0 Å². The van der Waals surface area contributed by atoms with Gasteiger partial charge in [0, 0.05) is 17.8 Å². The summed E-state index contributed by atoms with van der Waals surface area (Å²) in [6, 6.07) is 0. The number of hydrogen-bond acceptors (Lipinski definition) is 5. The molecule has 6 rings (SSSR count). The van der Waals surface area contributed by atoms with Crippen molar-refractivity contribution in [2.45, 2.75) is 96.7 Å². The van der Waals surface area contributed by atoms with E-state index in [2.05, 4.69) is 34.3 Å². The van der Waals surface area contributed by atoms with Gasteiger partial charge in [-0.05, 0) is 76.0 Å². The molecule has 2 fully saturated rings. The van der Waals surface area contributed by atoms with Crippen LogP contribution in [0.25, 0.3) is 0 Å². The molecule has 5 heteroatoms. The molecule has 2 aliphatic heterocycles. The summed E-state index contributed by atoms with van der Waals surface area (Å²) in [7, 11) is 0. The number of ether oxygens (including phenoxy) is 2. The number of fused-ring (bicyclic) bond motifs is 3. The third-order valence-corrected chi connectivity index (χ3v) is 11.3. The first-order valence-corrected chi connectivity index (χ1v) is 13.0. The maximum absolute atomic E-state index is 13.3. The molecule has 1 saturated heterocycles. The van der Waals surface area contributed by atoms with Crippen LogP contribution in [0.15, 0.2) is 46.8 Å². The number of carbonyl (C=O) groups is 1. The molecule has 2 N–H and O–H groups in total. The third kappa shape index (κ3) is 2.49. The van der Waals surface area contributed by atoms with Crippen molar-refractivity contribution in [1.82, 2.24) is 0 Å². The van der Waals surface area contributed by atoms with Crippen molar-refractivity contribution in [3.8, 4) is 0 Å². The molecule has 0 unspecified atom stereocenters. The van der Waals surface area contributed by atoms with Crippen molar-refractivity contribution in [2.75, 3.05) is 0 Å². The van der Waals surface area contributed by atoms with Crippen LogP contribution in [-0.4, -0.2) is 46.0 Å². The quantitative estimate of drug-likeness (QED) is 0.466. The van der Waals surface area contributed by atoms with Crippen LogP contribution in [0.2, 0.25) is 0 Å². The molecule has 0 aromatic heterocycles. The van der Waals surface area contributed by atoms with Gasteiger partial charge in [-0.15, -0.1) is 0 Å². The second kappa shape index (κ2) is 6.96. The van der Waals surface area contributed by atoms with Crippen LogP contribution in [0, 0.1) is 28.6 Å². The highest BCUT2D eigenvalue weighted by molar-refractivity contribution is 5.98. The Labute approximate surface area is 202 Å². The largest absolute Gasteiger partial charge is 0.490 e. The van der Waals surface area contributed by atoms with E-state index in [9.17, 15) is 15.0 Å². The van der Waals surface area contributed by atoms with E-state index in [-0.39, 0.29) is 41.2 Å². The van der Waals surface area contributed by atoms with Gasteiger partial charge in [0.2, 0.25) is 0 Å². The Balaban J connectivity index is 1.36. The Bertz CT molecular complexity index is 1080. The Hall–Kier alpha value is -1.69. The van der Waals surface area contributed by atoms with Crippen LogP contribution < -0.4 is 0 Å². The third-order valence-electron chi connectivity index (χ3n) is 11.3. The summed E-state index contributed by atoms with van der Waals surface area (Å²) in [6.07, 6.45) is 5.98. The molecule has 0 aromatic carbocycles. The Morgan fingerprint density at radius 2 is 1.94 bits per heavy atom.